The highest BCUT2D eigenvalue weighted by Crippen LogP contribution is 2.40. The van der Waals surface area contributed by atoms with E-state index in [1.54, 1.807) is 17.9 Å². The van der Waals surface area contributed by atoms with Crippen molar-refractivity contribution in [2.75, 3.05) is 7.11 Å². The van der Waals surface area contributed by atoms with E-state index >= 15 is 0 Å². The van der Waals surface area contributed by atoms with Crippen molar-refractivity contribution in [2.45, 2.75) is 102 Å². The molecule has 128 valence electrons. The Labute approximate surface area is 140 Å². The monoisotopic (exact) mass is 336 g/mol. The summed E-state index contributed by atoms with van der Waals surface area (Å²) in [6, 6.07) is 0. The molecule has 2 nitrogen and oxygen atoms in total. The highest BCUT2D eigenvalue weighted by atomic mass is 33.1. The van der Waals surface area contributed by atoms with Crippen molar-refractivity contribution in [3.8, 4) is 0 Å². The Bertz CT molecular complexity index is 229. The second kappa shape index (κ2) is 13.1. The summed E-state index contributed by atoms with van der Waals surface area (Å²) in [5, 5.41) is 10.1. The van der Waals surface area contributed by atoms with Crippen molar-refractivity contribution in [3.05, 3.63) is 0 Å². The number of ether oxygens (including phenoxy) is 1. The van der Waals surface area contributed by atoms with Crippen molar-refractivity contribution < 1.29 is 9.84 Å². The number of unbranched alkanes of at least 4 members (excludes halogenated alkanes) is 7. The molecule has 0 heterocycles. The molecule has 0 aliphatic heterocycles. The second-order valence-electron chi connectivity index (χ2n) is 6.72. The van der Waals surface area contributed by atoms with E-state index in [1.165, 1.54) is 51.4 Å². The zero-order valence-corrected chi connectivity index (χ0v) is 16.3. The van der Waals surface area contributed by atoms with Gasteiger partial charge in [0.2, 0.25) is 0 Å². The van der Waals surface area contributed by atoms with E-state index in [9.17, 15) is 5.11 Å². The lowest BCUT2D eigenvalue weighted by Gasteiger charge is -2.24. The smallest absolute Gasteiger partial charge is 0.166 e. The number of methoxy groups -OCH3 is 1. The van der Waals surface area contributed by atoms with Crippen LogP contribution >= 0.6 is 21.6 Å². The van der Waals surface area contributed by atoms with Gasteiger partial charge < -0.3 is 9.84 Å². The summed E-state index contributed by atoms with van der Waals surface area (Å²) < 4.78 is 5.34. The highest BCUT2D eigenvalue weighted by Gasteiger charge is 2.22. The molecular formula is C17H36O2S2. The van der Waals surface area contributed by atoms with Crippen LogP contribution in [-0.2, 0) is 4.74 Å². The van der Waals surface area contributed by atoms with Gasteiger partial charge in [0, 0.05) is 11.9 Å². The summed E-state index contributed by atoms with van der Waals surface area (Å²) in [5.41, 5.74) is 0. The molecule has 0 saturated carbocycles. The van der Waals surface area contributed by atoms with E-state index in [-0.39, 0.29) is 10.00 Å². The van der Waals surface area contributed by atoms with E-state index in [2.05, 4.69) is 27.7 Å². The Hall–Kier alpha value is 0.620. The van der Waals surface area contributed by atoms with Gasteiger partial charge in [0.25, 0.3) is 0 Å². The highest BCUT2D eigenvalue weighted by molar-refractivity contribution is 8.77. The number of rotatable bonds is 13. The number of hydrogen-bond acceptors (Lipinski definition) is 4. The summed E-state index contributed by atoms with van der Waals surface area (Å²) in [5.74, 6) is 0. The lowest BCUT2D eigenvalue weighted by atomic mass is 10.1. The average Bonchev–Trinajstić information content (AvgIpc) is 2.43. The molecule has 2 unspecified atom stereocenters. The fourth-order valence-electron chi connectivity index (χ4n) is 2.08. The summed E-state index contributed by atoms with van der Waals surface area (Å²) in [6.07, 6.45) is 11.0. The van der Waals surface area contributed by atoms with Crippen molar-refractivity contribution in [3.63, 3.8) is 0 Å². The van der Waals surface area contributed by atoms with Gasteiger partial charge in [0.05, 0.1) is 5.25 Å². The molecule has 0 aromatic heterocycles. The van der Waals surface area contributed by atoms with Crippen LogP contribution in [0.25, 0.3) is 0 Å². The molecule has 0 bridgehead atoms. The molecule has 1 N–H and O–H groups in total. The number of hydrogen-bond donors (Lipinski definition) is 1. The summed E-state index contributed by atoms with van der Waals surface area (Å²) in [6.45, 7) is 8.88. The summed E-state index contributed by atoms with van der Waals surface area (Å²) in [7, 11) is 5.21. The maximum Gasteiger partial charge on any atom is 0.166 e. The minimum atomic E-state index is -0.644. The average molecular weight is 337 g/mol. The molecule has 0 fully saturated rings. The third kappa shape index (κ3) is 14.0. The molecule has 0 aliphatic rings. The van der Waals surface area contributed by atoms with Crippen LogP contribution in [0.3, 0.4) is 0 Å². The fourth-order valence-corrected chi connectivity index (χ4v) is 4.77. The zero-order valence-electron chi connectivity index (χ0n) is 14.7. The molecule has 2 atom stereocenters. The van der Waals surface area contributed by atoms with Gasteiger partial charge in [-0.15, -0.1) is 0 Å². The van der Waals surface area contributed by atoms with Gasteiger partial charge in [0.1, 0.15) is 0 Å². The van der Waals surface area contributed by atoms with E-state index in [4.69, 9.17) is 4.74 Å². The molecule has 0 aromatic rings. The Morgan fingerprint density at radius 2 is 1.48 bits per heavy atom. The van der Waals surface area contributed by atoms with Crippen molar-refractivity contribution in [1.29, 1.82) is 0 Å². The SMILES string of the molecule is CCCCCCCCCCC(SSC(C)(C)C)C(O)OC. The fraction of sp³-hybridized carbons (Fsp3) is 1.00. The third-order valence-electron chi connectivity index (χ3n) is 3.32. The molecule has 4 heteroatoms. The second-order valence-corrected chi connectivity index (χ2v) is 9.99. The molecule has 0 rings (SSSR count). The predicted octanol–water partition coefficient (Wildman–Crippen LogP) is 6.03. The van der Waals surface area contributed by atoms with Crippen molar-refractivity contribution in [1.82, 2.24) is 0 Å². The lowest BCUT2D eigenvalue weighted by Crippen LogP contribution is -2.25. The first-order valence-electron chi connectivity index (χ1n) is 8.46. The van der Waals surface area contributed by atoms with Crippen molar-refractivity contribution in [2.24, 2.45) is 0 Å². The maximum absolute atomic E-state index is 9.96. The molecule has 0 aliphatic carbocycles. The first kappa shape index (κ1) is 21.6. The summed E-state index contributed by atoms with van der Waals surface area (Å²) in [4.78, 5) is 0. The number of aliphatic hydroxyl groups is 1. The molecule has 0 radical (unpaired) electrons. The first-order chi connectivity index (χ1) is 9.90. The Balaban J connectivity index is 3.76. The lowest BCUT2D eigenvalue weighted by molar-refractivity contribution is -0.0744. The van der Waals surface area contributed by atoms with Crippen LogP contribution < -0.4 is 0 Å². The van der Waals surface area contributed by atoms with Crippen LogP contribution in [0.5, 0.6) is 0 Å². The van der Waals surface area contributed by atoms with E-state index in [0.29, 0.717) is 0 Å². The van der Waals surface area contributed by atoms with Gasteiger partial charge in [-0.05, 0) is 6.42 Å². The Morgan fingerprint density at radius 3 is 1.95 bits per heavy atom. The van der Waals surface area contributed by atoms with E-state index in [1.807, 2.05) is 10.8 Å². The predicted molar refractivity (Wildman–Crippen MR) is 99.0 cm³/mol. The topological polar surface area (TPSA) is 29.5 Å². The van der Waals surface area contributed by atoms with Gasteiger partial charge in [-0.2, -0.15) is 0 Å². The van der Waals surface area contributed by atoms with Crippen LogP contribution in [0, 0.1) is 0 Å². The Morgan fingerprint density at radius 1 is 0.952 bits per heavy atom. The van der Waals surface area contributed by atoms with Crippen LogP contribution in [-0.4, -0.2) is 28.5 Å². The van der Waals surface area contributed by atoms with E-state index < -0.39 is 6.29 Å². The first-order valence-corrected chi connectivity index (χ1v) is 10.7. The van der Waals surface area contributed by atoms with Crippen LogP contribution in [0.1, 0.15) is 85.5 Å². The van der Waals surface area contributed by atoms with Gasteiger partial charge in [-0.3, -0.25) is 0 Å². The molecule has 21 heavy (non-hydrogen) atoms. The maximum atomic E-state index is 9.96. The van der Waals surface area contributed by atoms with Crippen LogP contribution in [0.4, 0.5) is 0 Å². The van der Waals surface area contributed by atoms with E-state index in [0.717, 1.165) is 6.42 Å². The minimum Gasteiger partial charge on any atom is -0.367 e. The van der Waals surface area contributed by atoms with Crippen LogP contribution in [0.2, 0.25) is 0 Å². The van der Waals surface area contributed by atoms with Gasteiger partial charge in [0.15, 0.2) is 6.29 Å². The third-order valence-corrected chi connectivity index (χ3v) is 7.17. The van der Waals surface area contributed by atoms with Gasteiger partial charge in [-0.25, -0.2) is 0 Å². The Kier molecular flexibility index (Phi) is 13.5. The molecule has 0 aromatic carbocycles. The largest absolute Gasteiger partial charge is 0.367 e. The normalized spacial score (nSPS) is 15.1. The zero-order chi connectivity index (χ0) is 16.1. The van der Waals surface area contributed by atoms with Gasteiger partial charge in [-0.1, -0.05) is 101 Å². The minimum absolute atomic E-state index is 0.180. The summed E-state index contributed by atoms with van der Waals surface area (Å²) >= 11 is 0. The molecule has 0 spiro atoms. The van der Waals surface area contributed by atoms with Crippen molar-refractivity contribution >= 4 is 21.6 Å². The number of aliphatic hydroxyl groups excluding tert-OH is 1. The molecule has 0 amide bonds. The quantitative estimate of drug-likeness (QED) is 0.252. The molecular weight excluding hydrogens is 300 g/mol. The van der Waals surface area contributed by atoms with Crippen LogP contribution in [0.15, 0.2) is 0 Å². The van der Waals surface area contributed by atoms with Gasteiger partial charge >= 0.3 is 0 Å². The standard InChI is InChI=1S/C17H36O2S2/c1-6-7-8-9-10-11-12-13-14-15(16(18)19-5)20-21-17(2,3)4/h15-16,18H,6-14H2,1-5H3. The molecule has 0 saturated heterocycles.